The van der Waals surface area contributed by atoms with Crippen molar-refractivity contribution >= 4 is 11.6 Å². The minimum absolute atomic E-state index is 0.0784. The van der Waals surface area contributed by atoms with Crippen molar-refractivity contribution in [1.29, 1.82) is 0 Å². The number of rotatable bonds is 3. The zero-order valence-corrected chi connectivity index (χ0v) is 11.1. The second-order valence-electron chi connectivity index (χ2n) is 5.21. The summed E-state index contributed by atoms with van der Waals surface area (Å²) in [6.07, 6.45) is 3.17. The third-order valence-corrected chi connectivity index (χ3v) is 3.28. The molecule has 1 amide bonds. The molecule has 0 fully saturated rings. The molecule has 1 aromatic carbocycles. The monoisotopic (exact) mass is 247 g/mol. The van der Waals surface area contributed by atoms with Gasteiger partial charge in [0.1, 0.15) is 0 Å². The molecular weight excluding hydrogens is 226 g/mol. The number of carbonyl (C=O) groups is 1. The zero-order valence-electron chi connectivity index (χ0n) is 11.1. The first-order valence-electron chi connectivity index (χ1n) is 6.38. The van der Waals surface area contributed by atoms with Crippen LogP contribution in [-0.2, 0) is 11.2 Å². The van der Waals surface area contributed by atoms with Gasteiger partial charge in [0, 0.05) is 5.69 Å². The molecular formula is C14H21N3O. The minimum Gasteiger partial charge on any atom is -0.399 e. The van der Waals surface area contributed by atoms with E-state index in [-0.39, 0.29) is 11.9 Å². The van der Waals surface area contributed by atoms with Gasteiger partial charge in [-0.05, 0) is 56.6 Å². The highest BCUT2D eigenvalue weighted by molar-refractivity contribution is 5.78. The van der Waals surface area contributed by atoms with Crippen LogP contribution in [0.5, 0.6) is 0 Å². The van der Waals surface area contributed by atoms with Crippen molar-refractivity contribution in [3.05, 3.63) is 29.3 Å². The zero-order chi connectivity index (χ0) is 13.1. The lowest BCUT2D eigenvalue weighted by molar-refractivity contribution is -0.122. The number of amides is 1. The third kappa shape index (κ3) is 3.01. The van der Waals surface area contributed by atoms with Crippen LogP contribution in [0.2, 0.25) is 0 Å². The Labute approximate surface area is 108 Å². The standard InChI is InChI=1S/C14H21N3O/c1-17(2)9-14(18)16-13-5-3-4-10-8-11(15)6-7-12(10)13/h6-8,13H,3-5,9,15H2,1-2H3,(H,16,18). The van der Waals surface area contributed by atoms with Gasteiger partial charge in [0.2, 0.25) is 5.91 Å². The van der Waals surface area contributed by atoms with Crippen molar-refractivity contribution in [2.45, 2.75) is 25.3 Å². The molecule has 1 unspecified atom stereocenters. The maximum atomic E-state index is 11.8. The van der Waals surface area contributed by atoms with Crippen LogP contribution in [0.1, 0.15) is 30.0 Å². The predicted octanol–water partition coefficient (Wildman–Crippen LogP) is 1.32. The van der Waals surface area contributed by atoms with E-state index in [9.17, 15) is 4.79 Å². The van der Waals surface area contributed by atoms with E-state index >= 15 is 0 Å². The molecule has 2 rings (SSSR count). The van der Waals surface area contributed by atoms with Gasteiger partial charge in [0.25, 0.3) is 0 Å². The van der Waals surface area contributed by atoms with E-state index in [2.05, 4.69) is 5.32 Å². The van der Waals surface area contributed by atoms with Crippen LogP contribution in [0, 0.1) is 0 Å². The Morgan fingerprint density at radius 3 is 3.00 bits per heavy atom. The van der Waals surface area contributed by atoms with Gasteiger partial charge < -0.3 is 16.0 Å². The van der Waals surface area contributed by atoms with Gasteiger partial charge in [0.05, 0.1) is 12.6 Å². The minimum atomic E-state index is 0.0784. The largest absolute Gasteiger partial charge is 0.399 e. The van der Waals surface area contributed by atoms with Crippen LogP contribution in [-0.4, -0.2) is 31.4 Å². The molecule has 0 bridgehead atoms. The number of hydrogen-bond acceptors (Lipinski definition) is 3. The Morgan fingerprint density at radius 2 is 2.28 bits per heavy atom. The number of aryl methyl sites for hydroxylation is 1. The quantitative estimate of drug-likeness (QED) is 0.792. The Kier molecular flexibility index (Phi) is 3.87. The Hall–Kier alpha value is -1.55. The van der Waals surface area contributed by atoms with E-state index in [4.69, 9.17) is 5.73 Å². The fourth-order valence-corrected chi connectivity index (χ4v) is 2.51. The summed E-state index contributed by atoms with van der Waals surface area (Å²) in [6, 6.07) is 6.13. The van der Waals surface area contributed by atoms with Crippen LogP contribution in [0.3, 0.4) is 0 Å². The summed E-state index contributed by atoms with van der Waals surface area (Å²) in [5, 5.41) is 3.10. The highest BCUT2D eigenvalue weighted by Gasteiger charge is 2.21. The summed E-state index contributed by atoms with van der Waals surface area (Å²) >= 11 is 0. The highest BCUT2D eigenvalue weighted by atomic mass is 16.2. The molecule has 0 aliphatic heterocycles. The lowest BCUT2D eigenvalue weighted by atomic mass is 9.87. The van der Waals surface area contributed by atoms with Crippen molar-refractivity contribution in [2.75, 3.05) is 26.4 Å². The van der Waals surface area contributed by atoms with Crippen LogP contribution >= 0.6 is 0 Å². The summed E-state index contributed by atoms with van der Waals surface area (Å²) in [6.45, 7) is 0.431. The molecule has 3 N–H and O–H groups in total. The molecule has 1 aliphatic carbocycles. The maximum Gasteiger partial charge on any atom is 0.234 e. The van der Waals surface area contributed by atoms with Gasteiger partial charge >= 0.3 is 0 Å². The lowest BCUT2D eigenvalue weighted by Gasteiger charge is -2.27. The van der Waals surface area contributed by atoms with Gasteiger partial charge in [-0.2, -0.15) is 0 Å². The number of fused-ring (bicyclic) bond motifs is 1. The Bertz CT molecular complexity index is 443. The van der Waals surface area contributed by atoms with Gasteiger partial charge in [0.15, 0.2) is 0 Å². The summed E-state index contributed by atoms with van der Waals surface area (Å²) in [4.78, 5) is 13.7. The number of anilines is 1. The van der Waals surface area contributed by atoms with Crippen LogP contribution < -0.4 is 11.1 Å². The number of likely N-dealkylation sites (N-methyl/N-ethyl adjacent to an activating group) is 1. The fraction of sp³-hybridized carbons (Fsp3) is 0.500. The van der Waals surface area contributed by atoms with Crippen LogP contribution in [0.4, 0.5) is 5.69 Å². The summed E-state index contributed by atoms with van der Waals surface area (Å²) in [7, 11) is 3.80. The first kappa shape index (κ1) is 12.9. The molecule has 0 saturated heterocycles. The molecule has 1 atom stereocenters. The van der Waals surface area contributed by atoms with E-state index in [0.717, 1.165) is 24.9 Å². The van der Waals surface area contributed by atoms with Crippen molar-refractivity contribution in [3.8, 4) is 0 Å². The molecule has 4 heteroatoms. The van der Waals surface area contributed by atoms with Gasteiger partial charge in [-0.1, -0.05) is 6.07 Å². The van der Waals surface area contributed by atoms with Crippen molar-refractivity contribution in [3.63, 3.8) is 0 Å². The topological polar surface area (TPSA) is 58.4 Å². The number of hydrogen-bond donors (Lipinski definition) is 2. The number of nitrogens with zero attached hydrogens (tertiary/aromatic N) is 1. The normalized spacial score (nSPS) is 18.5. The summed E-state index contributed by atoms with van der Waals surface area (Å²) < 4.78 is 0. The number of nitrogens with one attached hydrogen (secondary N) is 1. The summed E-state index contributed by atoms with van der Waals surface area (Å²) in [5.41, 5.74) is 9.10. The van der Waals surface area contributed by atoms with E-state index in [1.54, 1.807) is 0 Å². The number of nitrogen functional groups attached to an aromatic ring is 1. The molecule has 4 nitrogen and oxygen atoms in total. The van der Waals surface area contributed by atoms with Gasteiger partial charge in [-0.25, -0.2) is 0 Å². The highest BCUT2D eigenvalue weighted by Crippen LogP contribution is 2.30. The fourth-order valence-electron chi connectivity index (χ4n) is 2.51. The van der Waals surface area contributed by atoms with E-state index in [0.29, 0.717) is 6.54 Å². The maximum absolute atomic E-state index is 11.8. The van der Waals surface area contributed by atoms with Crippen molar-refractivity contribution < 1.29 is 4.79 Å². The molecule has 1 aliphatic rings. The predicted molar refractivity (Wildman–Crippen MR) is 73.2 cm³/mol. The van der Waals surface area contributed by atoms with E-state index in [1.807, 2.05) is 37.2 Å². The average Bonchev–Trinajstić information content (AvgIpc) is 2.27. The van der Waals surface area contributed by atoms with Gasteiger partial charge in [-0.3, -0.25) is 4.79 Å². The smallest absolute Gasteiger partial charge is 0.234 e. The van der Waals surface area contributed by atoms with Crippen LogP contribution in [0.25, 0.3) is 0 Å². The van der Waals surface area contributed by atoms with Crippen LogP contribution in [0.15, 0.2) is 18.2 Å². The van der Waals surface area contributed by atoms with Crippen molar-refractivity contribution in [1.82, 2.24) is 10.2 Å². The Morgan fingerprint density at radius 1 is 1.50 bits per heavy atom. The molecule has 0 radical (unpaired) electrons. The van der Waals surface area contributed by atoms with Crippen molar-refractivity contribution in [2.24, 2.45) is 0 Å². The summed E-state index contributed by atoms with van der Waals surface area (Å²) in [5.74, 6) is 0.0784. The first-order valence-corrected chi connectivity index (χ1v) is 6.38. The van der Waals surface area contributed by atoms with Gasteiger partial charge in [-0.15, -0.1) is 0 Å². The SMILES string of the molecule is CN(C)CC(=O)NC1CCCc2cc(N)ccc21. The number of nitrogens with two attached hydrogens (primary N) is 1. The molecule has 0 aromatic heterocycles. The average molecular weight is 247 g/mol. The molecule has 98 valence electrons. The van der Waals surface area contributed by atoms with E-state index < -0.39 is 0 Å². The lowest BCUT2D eigenvalue weighted by Crippen LogP contribution is -2.37. The molecule has 0 spiro atoms. The molecule has 0 saturated carbocycles. The first-order chi connectivity index (χ1) is 8.56. The Balaban J connectivity index is 2.10. The molecule has 0 heterocycles. The second kappa shape index (κ2) is 5.40. The molecule has 18 heavy (non-hydrogen) atoms. The molecule has 1 aromatic rings. The number of carbonyl (C=O) groups excluding carboxylic acids is 1. The van der Waals surface area contributed by atoms with E-state index in [1.165, 1.54) is 11.1 Å². The number of benzene rings is 1. The second-order valence-corrected chi connectivity index (χ2v) is 5.21. The third-order valence-electron chi connectivity index (χ3n) is 3.28.